The lowest BCUT2D eigenvalue weighted by molar-refractivity contribution is -0.170. The van der Waals surface area contributed by atoms with Gasteiger partial charge in [-0.2, -0.15) is 0 Å². The van der Waals surface area contributed by atoms with E-state index in [0.29, 0.717) is 0 Å². The van der Waals surface area contributed by atoms with Crippen LogP contribution in [0.3, 0.4) is 0 Å². The molecule has 0 aromatic heterocycles. The van der Waals surface area contributed by atoms with Gasteiger partial charge in [0.25, 0.3) is 0 Å². The van der Waals surface area contributed by atoms with Gasteiger partial charge < -0.3 is 20.1 Å². The molecule has 3 N–H and O–H groups in total. The van der Waals surface area contributed by atoms with Crippen molar-refractivity contribution in [1.82, 2.24) is 0 Å². The third-order valence-corrected chi connectivity index (χ3v) is 1.35. The van der Waals surface area contributed by atoms with E-state index in [4.69, 9.17) is 15.3 Å². The Morgan fingerprint density at radius 1 is 1.21 bits per heavy atom. The highest BCUT2D eigenvalue weighted by Crippen LogP contribution is 2.00. The average molecular weight is 206 g/mol. The number of carboxylic acid groups (broad SMARTS) is 1. The molecule has 0 aromatic rings. The van der Waals surface area contributed by atoms with Gasteiger partial charge in [-0.15, -0.1) is 0 Å². The van der Waals surface area contributed by atoms with Crippen molar-refractivity contribution in [3.63, 3.8) is 0 Å². The molecule has 0 aliphatic rings. The van der Waals surface area contributed by atoms with Crippen molar-refractivity contribution in [2.45, 2.75) is 26.1 Å². The second-order valence-corrected chi connectivity index (χ2v) is 3.25. The highest BCUT2D eigenvalue weighted by molar-refractivity contribution is 5.84. The van der Waals surface area contributed by atoms with E-state index in [-0.39, 0.29) is 12.5 Å². The molecule has 0 spiro atoms. The number of hydrogen-bond acceptors (Lipinski definition) is 5. The maximum atomic E-state index is 10.9. The zero-order chi connectivity index (χ0) is 11.3. The van der Waals surface area contributed by atoms with Gasteiger partial charge in [0, 0.05) is 0 Å². The van der Waals surface area contributed by atoms with Gasteiger partial charge in [0.2, 0.25) is 0 Å². The number of rotatable bonds is 5. The van der Waals surface area contributed by atoms with Gasteiger partial charge in [-0.1, -0.05) is 13.8 Å². The summed E-state index contributed by atoms with van der Waals surface area (Å²) in [5.41, 5.74) is 0. The van der Waals surface area contributed by atoms with Crippen LogP contribution in [0.1, 0.15) is 13.8 Å². The van der Waals surface area contributed by atoms with Crippen LogP contribution in [0.4, 0.5) is 0 Å². The molecule has 6 nitrogen and oxygen atoms in total. The topological polar surface area (TPSA) is 104 Å². The Morgan fingerprint density at radius 2 is 1.71 bits per heavy atom. The zero-order valence-electron chi connectivity index (χ0n) is 8.01. The van der Waals surface area contributed by atoms with Crippen LogP contribution in [-0.2, 0) is 14.3 Å². The van der Waals surface area contributed by atoms with Crippen LogP contribution < -0.4 is 0 Å². The third-order valence-electron chi connectivity index (χ3n) is 1.35. The minimum atomic E-state index is -2.14. The first-order valence-electron chi connectivity index (χ1n) is 4.11. The molecule has 0 amide bonds. The SMILES string of the molecule is CC(C)COC(=O)C(O)C(O)C(=O)O. The molecule has 2 atom stereocenters. The summed E-state index contributed by atoms with van der Waals surface area (Å²) in [7, 11) is 0. The Hall–Kier alpha value is -1.14. The van der Waals surface area contributed by atoms with Crippen LogP contribution >= 0.6 is 0 Å². The maximum absolute atomic E-state index is 10.9. The van der Waals surface area contributed by atoms with E-state index < -0.39 is 24.1 Å². The summed E-state index contributed by atoms with van der Waals surface area (Å²) in [5, 5.41) is 26.0. The number of aliphatic hydroxyl groups is 2. The second kappa shape index (κ2) is 5.56. The monoisotopic (exact) mass is 206 g/mol. The Kier molecular flexibility index (Phi) is 5.11. The third kappa shape index (κ3) is 4.20. The van der Waals surface area contributed by atoms with Gasteiger partial charge in [-0.25, -0.2) is 9.59 Å². The smallest absolute Gasteiger partial charge is 0.338 e. The minimum Gasteiger partial charge on any atom is -0.479 e. The average Bonchev–Trinajstić information content (AvgIpc) is 2.11. The number of carboxylic acids is 1. The fourth-order valence-electron chi connectivity index (χ4n) is 0.598. The van der Waals surface area contributed by atoms with Gasteiger partial charge in [-0.05, 0) is 5.92 Å². The number of esters is 1. The van der Waals surface area contributed by atoms with Crippen molar-refractivity contribution in [1.29, 1.82) is 0 Å². The van der Waals surface area contributed by atoms with Crippen molar-refractivity contribution in [2.24, 2.45) is 5.92 Å². The summed E-state index contributed by atoms with van der Waals surface area (Å²) in [5.74, 6) is -2.72. The largest absolute Gasteiger partial charge is 0.479 e. The Balaban J connectivity index is 4.05. The van der Waals surface area contributed by atoms with Crippen molar-refractivity contribution in [3.05, 3.63) is 0 Å². The van der Waals surface area contributed by atoms with Gasteiger partial charge >= 0.3 is 11.9 Å². The van der Waals surface area contributed by atoms with Gasteiger partial charge in [0.1, 0.15) is 0 Å². The highest BCUT2D eigenvalue weighted by atomic mass is 16.6. The summed E-state index contributed by atoms with van der Waals surface area (Å²) in [6, 6.07) is 0. The van der Waals surface area contributed by atoms with E-state index in [9.17, 15) is 9.59 Å². The molecule has 14 heavy (non-hydrogen) atoms. The van der Waals surface area contributed by atoms with Gasteiger partial charge in [0.05, 0.1) is 6.61 Å². The van der Waals surface area contributed by atoms with E-state index in [1.165, 1.54) is 0 Å². The van der Waals surface area contributed by atoms with E-state index in [1.807, 2.05) is 0 Å². The number of hydrogen-bond donors (Lipinski definition) is 3. The zero-order valence-corrected chi connectivity index (χ0v) is 8.01. The summed E-state index contributed by atoms with van der Waals surface area (Å²) in [6.07, 6.45) is -4.18. The first-order valence-corrected chi connectivity index (χ1v) is 4.11. The van der Waals surface area contributed by atoms with E-state index >= 15 is 0 Å². The summed E-state index contributed by atoms with van der Waals surface area (Å²) >= 11 is 0. The molecule has 0 radical (unpaired) electrons. The standard InChI is InChI=1S/C8H14O6/c1-4(2)3-14-8(13)6(10)5(9)7(11)12/h4-6,9-10H,3H2,1-2H3,(H,11,12). The molecule has 0 fully saturated rings. The van der Waals surface area contributed by atoms with E-state index in [2.05, 4.69) is 4.74 Å². The molecule has 0 aromatic carbocycles. The van der Waals surface area contributed by atoms with Crippen molar-refractivity contribution >= 4 is 11.9 Å². The predicted octanol–water partition coefficient (Wildman–Crippen LogP) is -1.01. The maximum Gasteiger partial charge on any atom is 0.338 e. The van der Waals surface area contributed by atoms with Gasteiger partial charge in [0.15, 0.2) is 12.2 Å². The van der Waals surface area contributed by atoms with Crippen LogP contribution in [0.25, 0.3) is 0 Å². The highest BCUT2D eigenvalue weighted by Gasteiger charge is 2.31. The molecule has 0 saturated carbocycles. The first kappa shape index (κ1) is 12.9. The molecule has 0 aliphatic heterocycles. The van der Waals surface area contributed by atoms with Gasteiger partial charge in [-0.3, -0.25) is 0 Å². The minimum absolute atomic E-state index is 0.0717. The normalized spacial score (nSPS) is 14.9. The number of carbonyl (C=O) groups is 2. The molecule has 0 aliphatic carbocycles. The molecule has 0 rings (SSSR count). The Bertz CT molecular complexity index is 212. The van der Waals surface area contributed by atoms with Crippen LogP contribution in [0.15, 0.2) is 0 Å². The summed E-state index contributed by atoms with van der Waals surface area (Å²) in [4.78, 5) is 21.1. The lowest BCUT2D eigenvalue weighted by atomic mass is 10.2. The lowest BCUT2D eigenvalue weighted by Gasteiger charge is -2.14. The Morgan fingerprint density at radius 3 is 2.07 bits per heavy atom. The van der Waals surface area contributed by atoms with Crippen LogP contribution in [0.2, 0.25) is 0 Å². The second-order valence-electron chi connectivity index (χ2n) is 3.25. The first-order chi connectivity index (χ1) is 6.36. The van der Waals surface area contributed by atoms with Crippen molar-refractivity contribution < 1.29 is 29.6 Å². The number of aliphatic hydroxyl groups excluding tert-OH is 2. The molecule has 2 unspecified atom stereocenters. The molecule has 82 valence electrons. The lowest BCUT2D eigenvalue weighted by Crippen LogP contribution is -2.40. The van der Waals surface area contributed by atoms with Crippen molar-refractivity contribution in [3.8, 4) is 0 Å². The Labute approximate surface area is 81.1 Å². The fraction of sp³-hybridized carbons (Fsp3) is 0.750. The van der Waals surface area contributed by atoms with E-state index in [1.54, 1.807) is 13.8 Å². The quantitative estimate of drug-likeness (QED) is 0.498. The van der Waals surface area contributed by atoms with Crippen LogP contribution in [0.5, 0.6) is 0 Å². The molecular weight excluding hydrogens is 192 g/mol. The summed E-state index contributed by atoms with van der Waals surface area (Å²) < 4.78 is 4.52. The molecule has 0 heterocycles. The van der Waals surface area contributed by atoms with Crippen LogP contribution in [-0.4, -0.2) is 46.1 Å². The summed E-state index contributed by atoms with van der Waals surface area (Å²) in [6.45, 7) is 3.64. The molecule has 0 saturated heterocycles. The van der Waals surface area contributed by atoms with Crippen molar-refractivity contribution in [2.75, 3.05) is 6.61 Å². The predicted molar refractivity (Wildman–Crippen MR) is 45.4 cm³/mol. The number of carbonyl (C=O) groups excluding carboxylic acids is 1. The number of ether oxygens (including phenoxy) is 1. The molecular formula is C8H14O6. The number of aliphatic carboxylic acids is 1. The fourth-order valence-corrected chi connectivity index (χ4v) is 0.598. The molecule has 0 bridgehead atoms. The van der Waals surface area contributed by atoms with Crippen LogP contribution in [0, 0.1) is 5.92 Å². The van der Waals surface area contributed by atoms with E-state index in [0.717, 1.165) is 0 Å². The molecule has 6 heteroatoms.